The average Bonchev–Trinajstić information content (AvgIpc) is 1.95. The fourth-order valence-corrected chi connectivity index (χ4v) is 2.01. The van der Waals surface area contributed by atoms with Crippen LogP contribution in [0.4, 0.5) is 0 Å². The number of piperidine rings is 1. The van der Waals surface area contributed by atoms with E-state index in [1.165, 1.54) is 19.5 Å². The van der Waals surface area contributed by atoms with E-state index in [2.05, 4.69) is 33.0 Å². The van der Waals surface area contributed by atoms with E-state index in [9.17, 15) is 0 Å². The Kier molecular flexibility index (Phi) is 2.58. The minimum atomic E-state index is 0.575. The van der Waals surface area contributed by atoms with Gasteiger partial charge in [0, 0.05) is 0 Å². The SMILES string of the molecule is CC(C)[C@]1(C)CCNC[C@@H]1C. The molecule has 1 aliphatic heterocycles. The van der Waals surface area contributed by atoms with Gasteiger partial charge in [-0.2, -0.15) is 0 Å². The van der Waals surface area contributed by atoms with Gasteiger partial charge in [-0.1, -0.05) is 27.7 Å². The molecular weight excluding hydrogens is 134 g/mol. The molecule has 0 aromatic heterocycles. The molecule has 11 heavy (non-hydrogen) atoms. The van der Waals surface area contributed by atoms with Crippen molar-refractivity contribution < 1.29 is 0 Å². The first-order valence-electron chi connectivity index (χ1n) is 4.78. The average molecular weight is 155 g/mol. The van der Waals surface area contributed by atoms with Crippen LogP contribution in [0.1, 0.15) is 34.1 Å². The molecule has 1 nitrogen and oxygen atoms in total. The highest BCUT2D eigenvalue weighted by molar-refractivity contribution is 4.88. The highest BCUT2D eigenvalue weighted by Gasteiger charge is 2.35. The Balaban J connectivity index is 2.64. The molecule has 66 valence electrons. The Morgan fingerprint density at radius 2 is 2.09 bits per heavy atom. The lowest BCUT2D eigenvalue weighted by atomic mass is 9.66. The van der Waals surface area contributed by atoms with E-state index in [1.807, 2.05) is 0 Å². The number of rotatable bonds is 1. The van der Waals surface area contributed by atoms with Crippen molar-refractivity contribution in [1.29, 1.82) is 0 Å². The largest absolute Gasteiger partial charge is 0.316 e. The topological polar surface area (TPSA) is 12.0 Å². The number of nitrogens with one attached hydrogen (secondary N) is 1. The first kappa shape index (κ1) is 9.05. The molecule has 0 unspecified atom stereocenters. The van der Waals surface area contributed by atoms with Gasteiger partial charge in [-0.15, -0.1) is 0 Å². The second-order valence-corrected chi connectivity index (χ2v) is 4.52. The van der Waals surface area contributed by atoms with E-state index in [-0.39, 0.29) is 0 Å². The van der Waals surface area contributed by atoms with Crippen LogP contribution in [0.3, 0.4) is 0 Å². The maximum Gasteiger partial charge on any atom is -0.00178 e. The van der Waals surface area contributed by atoms with E-state index < -0.39 is 0 Å². The zero-order valence-electron chi connectivity index (χ0n) is 8.28. The van der Waals surface area contributed by atoms with Crippen LogP contribution in [0.15, 0.2) is 0 Å². The molecule has 1 rings (SSSR count). The summed E-state index contributed by atoms with van der Waals surface area (Å²) in [4.78, 5) is 0. The zero-order chi connectivity index (χ0) is 8.48. The normalized spacial score (nSPS) is 39.5. The summed E-state index contributed by atoms with van der Waals surface area (Å²) in [5.74, 6) is 1.65. The predicted octanol–water partition coefficient (Wildman–Crippen LogP) is 2.28. The molecule has 0 aromatic carbocycles. The monoisotopic (exact) mass is 155 g/mol. The second kappa shape index (κ2) is 3.14. The molecular formula is C10H21N. The molecule has 0 amide bonds. The van der Waals surface area contributed by atoms with Gasteiger partial charge in [0.25, 0.3) is 0 Å². The van der Waals surface area contributed by atoms with Crippen LogP contribution in [0, 0.1) is 17.3 Å². The quantitative estimate of drug-likeness (QED) is 0.612. The van der Waals surface area contributed by atoms with Gasteiger partial charge in [0.05, 0.1) is 0 Å². The highest BCUT2D eigenvalue weighted by Crippen LogP contribution is 2.39. The van der Waals surface area contributed by atoms with Crippen molar-refractivity contribution in [2.75, 3.05) is 13.1 Å². The lowest BCUT2D eigenvalue weighted by Crippen LogP contribution is -2.44. The van der Waals surface area contributed by atoms with Crippen molar-refractivity contribution >= 4 is 0 Å². The predicted molar refractivity (Wildman–Crippen MR) is 49.6 cm³/mol. The number of hydrogen-bond donors (Lipinski definition) is 1. The third-order valence-electron chi connectivity index (χ3n) is 3.74. The van der Waals surface area contributed by atoms with Gasteiger partial charge in [0.1, 0.15) is 0 Å². The zero-order valence-corrected chi connectivity index (χ0v) is 8.28. The van der Waals surface area contributed by atoms with Crippen molar-refractivity contribution in [3.8, 4) is 0 Å². The van der Waals surface area contributed by atoms with Gasteiger partial charge in [-0.05, 0) is 36.8 Å². The maximum absolute atomic E-state index is 3.44. The second-order valence-electron chi connectivity index (χ2n) is 4.52. The molecule has 2 atom stereocenters. The minimum absolute atomic E-state index is 0.575. The summed E-state index contributed by atoms with van der Waals surface area (Å²) in [7, 11) is 0. The van der Waals surface area contributed by atoms with Gasteiger partial charge < -0.3 is 5.32 Å². The number of hydrogen-bond acceptors (Lipinski definition) is 1. The van der Waals surface area contributed by atoms with Crippen LogP contribution in [-0.4, -0.2) is 13.1 Å². The fraction of sp³-hybridized carbons (Fsp3) is 1.00. The molecule has 0 radical (unpaired) electrons. The van der Waals surface area contributed by atoms with Gasteiger partial charge in [0.15, 0.2) is 0 Å². The van der Waals surface area contributed by atoms with Crippen molar-refractivity contribution in [3.05, 3.63) is 0 Å². The van der Waals surface area contributed by atoms with Crippen LogP contribution in [0.2, 0.25) is 0 Å². The van der Waals surface area contributed by atoms with E-state index in [4.69, 9.17) is 0 Å². The Morgan fingerprint density at radius 1 is 1.45 bits per heavy atom. The van der Waals surface area contributed by atoms with Crippen LogP contribution in [-0.2, 0) is 0 Å². The molecule has 1 N–H and O–H groups in total. The van der Waals surface area contributed by atoms with E-state index >= 15 is 0 Å². The minimum Gasteiger partial charge on any atom is -0.316 e. The summed E-state index contributed by atoms with van der Waals surface area (Å²) in [6, 6.07) is 0. The molecule has 1 saturated heterocycles. The summed E-state index contributed by atoms with van der Waals surface area (Å²) in [5.41, 5.74) is 0.575. The van der Waals surface area contributed by atoms with Crippen LogP contribution in [0.5, 0.6) is 0 Å². The molecule has 0 bridgehead atoms. The van der Waals surface area contributed by atoms with Crippen molar-refractivity contribution in [2.45, 2.75) is 34.1 Å². The first-order chi connectivity index (χ1) is 5.07. The van der Waals surface area contributed by atoms with Gasteiger partial charge in [-0.3, -0.25) is 0 Å². The molecule has 0 spiro atoms. The molecule has 1 aliphatic rings. The third kappa shape index (κ3) is 1.58. The van der Waals surface area contributed by atoms with E-state index in [0.717, 1.165) is 11.8 Å². The Hall–Kier alpha value is -0.0400. The fourth-order valence-electron chi connectivity index (χ4n) is 2.01. The first-order valence-corrected chi connectivity index (χ1v) is 4.78. The summed E-state index contributed by atoms with van der Waals surface area (Å²) < 4.78 is 0. The molecule has 0 saturated carbocycles. The molecule has 0 aliphatic carbocycles. The van der Waals surface area contributed by atoms with E-state index in [1.54, 1.807) is 0 Å². The third-order valence-corrected chi connectivity index (χ3v) is 3.74. The molecule has 0 aromatic rings. The summed E-state index contributed by atoms with van der Waals surface area (Å²) in [6.07, 6.45) is 1.34. The molecule has 1 fully saturated rings. The standard InChI is InChI=1S/C10H21N/c1-8(2)10(4)5-6-11-7-9(10)3/h8-9,11H,5-7H2,1-4H3/t9-,10-/m0/s1. The Morgan fingerprint density at radius 3 is 2.45 bits per heavy atom. The smallest absolute Gasteiger partial charge is 0.00178 e. The summed E-state index contributed by atoms with van der Waals surface area (Å²) in [5, 5.41) is 3.44. The van der Waals surface area contributed by atoms with Gasteiger partial charge in [-0.25, -0.2) is 0 Å². The van der Waals surface area contributed by atoms with Gasteiger partial charge in [0.2, 0.25) is 0 Å². The van der Waals surface area contributed by atoms with Crippen molar-refractivity contribution in [2.24, 2.45) is 17.3 Å². The van der Waals surface area contributed by atoms with Gasteiger partial charge >= 0.3 is 0 Å². The Bertz CT molecular complexity index is 131. The van der Waals surface area contributed by atoms with Crippen LogP contribution >= 0.6 is 0 Å². The molecule has 1 heteroatoms. The lowest BCUT2D eigenvalue weighted by Gasteiger charge is -2.43. The van der Waals surface area contributed by atoms with Crippen LogP contribution < -0.4 is 5.32 Å². The summed E-state index contributed by atoms with van der Waals surface area (Å²) in [6.45, 7) is 11.9. The van der Waals surface area contributed by atoms with Crippen LogP contribution in [0.25, 0.3) is 0 Å². The maximum atomic E-state index is 3.44. The molecule has 1 heterocycles. The lowest BCUT2D eigenvalue weighted by molar-refractivity contribution is 0.0845. The Labute approximate surface area is 70.6 Å². The van der Waals surface area contributed by atoms with Crippen molar-refractivity contribution in [1.82, 2.24) is 5.32 Å². The van der Waals surface area contributed by atoms with Crippen molar-refractivity contribution in [3.63, 3.8) is 0 Å². The highest BCUT2D eigenvalue weighted by atomic mass is 14.9. The summed E-state index contributed by atoms with van der Waals surface area (Å²) >= 11 is 0. The van der Waals surface area contributed by atoms with E-state index in [0.29, 0.717) is 5.41 Å².